The van der Waals surface area contributed by atoms with Gasteiger partial charge in [0.25, 0.3) is 0 Å². The second-order valence-corrected chi connectivity index (χ2v) is 5.32. The van der Waals surface area contributed by atoms with Gasteiger partial charge in [0.05, 0.1) is 5.92 Å². The van der Waals surface area contributed by atoms with Crippen LogP contribution >= 0.6 is 0 Å². The van der Waals surface area contributed by atoms with Gasteiger partial charge >= 0.3 is 0 Å². The van der Waals surface area contributed by atoms with E-state index < -0.39 is 23.6 Å². The number of hydrogen-bond acceptors (Lipinski definition) is 3. The predicted molar refractivity (Wildman–Crippen MR) is 67.8 cm³/mol. The molecule has 1 saturated carbocycles. The van der Waals surface area contributed by atoms with E-state index in [1.165, 1.54) is 24.3 Å². The predicted octanol–water partition coefficient (Wildman–Crippen LogP) is 0.952. The number of carbonyl (C=O) groups is 2. The van der Waals surface area contributed by atoms with Gasteiger partial charge in [0.15, 0.2) is 0 Å². The standard InChI is InChI=1S/C15H14FNO3/c16-10-3-5-11(6-4-10)17-14(18)12-8-1-2-9(7-8)13(12)15(19)20/h1-6,8-9,12-13H,7H2,(H,17,18)(H,19,20)/p-1/t8-,9+,12-,13+/m1/s1. The van der Waals surface area contributed by atoms with Crippen LogP contribution in [0.4, 0.5) is 10.1 Å². The van der Waals surface area contributed by atoms with Crippen molar-refractivity contribution in [3.8, 4) is 0 Å². The lowest BCUT2D eigenvalue weighted by atomic mass is 9.82. The van der Waals surface area contributed by atoms with Crippen LogP contribution in [0, 0.1) is 29.5 Å². The van der Waals surface area contributed by atoms with Crippen molar-refractivity contribution < 1.29 is 19.1 Å². The summed E-state index contributed by atoms with van der Waals surface area (Å²) in [5, 5.41) is 13.9. The van der Waals surface area contributed by atoms with Gasteiger partial charge in [-0.25, -0.2) is 4.39 Å². The van der Waals surface area contributed by atoms with Gasteiger partial charge in [0.2, 0.25) is 5.91 Å². The summed E-state index contributed by atoms with van der Waals surface area (Å²) in [5.41, 5.74) is 0.459. The average molecular weight is 274 g/mol. The third-order valence-corrected chi connectivity index (χ3v) is 4.15. The first kappa shape index (κ1) is 12.8. The molecule has 1 aromatic carbocycles. The Hall–Kier alpha value is -2.17. The van der Waals surface area contributed by atoms with Crippen molar-refractivity contribution in [2.24, 2.45) is 23.7 Å². The molecule has 1 N–H and O–H groups in total. The molecule has 2 aliphatic rings. The van der Waals surface area contributed by atoms with Crippen LogP contribution in [0.2, 0.25) is 0 Å². The zero-order valence-electron chi connectivity index (χ0n) is 10.6. The number of carbonyl (C=O) groups excluding carboxylic acids is 2. The van der Waals surface area contributed by atoms with Crippen molar-refractivity contribution in [1.29, 1.82) is 0 Å². The zero-order valence-corrected chi connectivity index (χ0v) is 10.6. The molecule has 104 valence electrons. The molecular formula is C15H13FNO3-. The number of carboxylic acids is 1. The number of fused-ring (bicyclic) bond motifs is 2. The maximum atomic E-state index is 12.8. The van der Waals surface area contributed by atoms with Gasteiger partial charge in [0.1, 0.15) is 5.82 Å². The summed E-state index contributed by atoms with van der Waals surface area (Å²) in [5.74, 6) is -3.47. The molecule has 1 aromatic rings. The van der Waals surface area contributed by atoms with Crippen LogP contribution in [-0.4, -0.2) is 11.9 Å². The van der Waals surface area contributed by atoms with Crippen molar-refractivity contribution in [2.45, 2.75) is 6.42 Å². The van der Waals surface area contributed by atoms with Crippen LogP contribution in [0.1, 0.15) is 6.42 Å². The van der Waals surface area contributed by atoms with Crippen molar-refractivity contribution >= 4 is 17.6 Å². The molecule has 0 aliphatic heterocycles. The van der Waals surface area contributed by atoms with Crippen LogP contribution in [-0.2, 0) is 9.59 Å². The van der Waals surface area contributed by atoms with Gasteiger partial charge < -0.3 is 15.2 Å². The number of aliphatic carboxylic acids is 1. The summed E-state index contributed by atoms with van der Waals surface area (Å²) in [6.07, 6.45) is 4.44. The van der Waals surface area contributed by atoms with E-state index in [4.69, 9.17) is 0 Å². The van der Waals surface area contributed by atoms with Crippen LogP contribution in [0.15, 0.2) is 36.4 Å². The first-order valence-electron chi connectivity index (χ1n) is 6.52. The van der Waals surface area contributed by atoms with Gasteiger partial charge in [-0.05, 0) is 42.5 Å². The highest BCUT2D eigenvalue weighted by Crippen LogP contribution is 2.48. The van der Waals surface area contributed by atoms with Crippen molar-refractivity contribution in [3.05, 3.63) is 42.2 Å². The summed E-state index contributed by atoms with van der Waals surface area (Å²) < 4.78 is 12.8. The van der Waals surface area contributed by atoms with E-state index in [9.17, 15) is 19.1 Å². The van der Waals surface area contributed by atoms with Crippen molar-refractivity contribution in [3.63, 3.8) is 0 Å². The van der Waals surface area contributed by atoms with E-state index in [0.717, 1.165) is 0 Å². The Morgan fingerprint density at radius 2 is 1.70 bits per heavy atom. The fourth-order valence-electron chi connectivity index (χ4n) is 3.26. The number of allylic oxidation sites excluding steroid dienone is 2. The Bertz CT molecular complexity index is 581. The molecule has 4 nitrogen and oxygen atoms in total. The number of amides is 1. The molecule has 2 bridgehead atoms. The summed E-state index contributed by atoms with van der Waals surface area (Å²) >= 11 is 0. The molecule has 1 amide bonds. The second-order valence-electron chi connectivity index (χ2n) is 5.32. The summed E-state index contributed by atoms with van der Waals surface area (Å²) in [6.45, 7) is 0. The number of nitrogens with one attached hydrogen (secondary N) is 1. The lowest BCUT2D eigenvalue weighted by Crippen LogP contribution is -2.42. The van der Waals surface area contributed by atoms with Gasteiger partial charge in [-0.1, -0.05) is 12.2 Å². The number of carboxylic acid groups (broad SMARTS) is 1. The van der Waals surface area contributed by atoms with Crippen molar-refractivity contribution in [1.82, 2.24) is 0 Å². The minimum Gasteiger partial charge on any atom is -0.550 e. The first-order chi connectivity index (χ1) is 9.56. The Balaban J connectivity index is 1.78. The van der Waals surface area contributed by atoms with Gasteiger partial charge in [0, 0.05) is 17.6 Å². The van der Waals surface area contributed by atoms with Crippen LogP contribution < -0.4 is 10.4 Å². The molecule has 2 aliphatic carbocycles. The molecule has 0 heterocycles. The van der Waals surface area contributed by atoms with Crippen molar-refractivity contribution in [2.75, 3.05) is 5.32 Å². The highest BCUT2D eigenvalue weighted by Gasteiger charge is 2.48. The fraction of sp³-hybridized carbons (Fsp3) is 0.333. The topological polar surface area (TPSA) is 69.2 Å². The van der Waals surface area contributed by atoms with E-state index in [1.54, 1.807) is 0 Å². The number of anilines is 1. The normalized spacial score (nSPS) is 30.4. The number of hydrogen-bond donors (Lipinski definition) is 1. The SMILES string of the molecule is O=C([O-])[C@@H]1[C@H](C(=O)Nc2ccc(F)cc2)[C@@H]2C=C[C@H]1C2. The second kappa shape index (κ2) is 4.74. The molecular weight excluding hydrogens is 261 g/mol. The molecule has 20 heavy (non-hydrogen) atoms. The van der Waals surface area contributed by atoms with Crippen LogP contribution in [0.3, 0.4) is 0 Å². The van der Waals surface area contributed by atoms with E-state index in [0.29, 0.717) is 12.1 Å². The molecule has 0 aromatic heterocycles. The van der Waals surface area contributed by atoms with E-state index >= 15 is 0 Å². The minimum absolute atomic E-state index is 0.0525. The molecule has 0 radical (unpaired) electrons. The average Bonchev–Trinajstić information content (AvgIpc) is 3.01. The molecule has 5 heteroatoms. The molecule has 0 spiro atoms. The Morgan fingerprint density at radius 3 is 2.30 bits per heavy atom. The molecule has 3 rings (SSSR count). The summed E-state index contributed by atoms with van der Waals surface area (Å²) in [6, 6.07) is 5.38. The van der Waals surface area contributed by atoms with Crippen LogP contribution in [0.25, 0.3) is 0 Å². The third-order valence-electron chi connectivity index (χ3n) is 4.15. The minimum atomic E-state index is -1.18. The van der Waals surface area contributed by atoms with E-state index in [-0.39, 0.29) is 17.7 Å². The quantitative estimate of drug-likeness (QED) is 0.834. The molecule has 0 unspecified atom stereocenters. The lowest BCUT2D eigenvalue weighted by Gasteiger charge is -2.27. The van der Waals surface area contributed by atoms with E-state index in [2.05, 4.69) is 5.32 Å². The highest BCUT2D eigenvalue weighted by molar-refractivity contribution is 5.96. The zero-order chi connectivity index (χ0) is 14.3. The highest BCUT2D eigenvalue weighted by atomic mass is 19.1. The molecule has 4 atom stereocenters. The number of rotatable bonds is 3. The number of benzene rings is 1. The number of halogens is 1. The summed E-state index contributed by atoms with van der Waals surface area (Å²) in [7, 11) is 0. The molecule has 1 fully saturated rings. The van der Waals surface area contributed by atoms with Gasteiger partial charge in [-0.3, -0.25) is 4.79 Å². The first-order valence-corrected chi connectivity index (χ1v) is 6.52. The Kier molecular flexibility index (Phi) is 3.04. The maximum absolute atomic E-state index is 12.8. The third kappa shape index (κ3) is 2.09. The van der Waals surface area contributed by atoms with Gasteiger partial charge in [-0.15, -0.1) is 0 Å². The molecule has 0 saturated heterocycles. The largest absolute Gasteiger partial charge is 0.550 e. The fourth-order valence-corrected chi connectivity index (χ4v) is 3.26. The monoisotopic (exact) mass is 274 g/mol. The van der Waals surface area contributed by atoms with Crippen LogP contribution in [0.5, 0.6) is 0 Å². The Morgan fingerprint density at radius 1 is 1.10 bits per heavy atom. The summed E-state index contributed by atoms with van der Waals surface area (Å²) in [4.78, 5) is 23.5. The maximum Gasteiger partial charge on any atom is 0.228 e. The lowest BCUT2D eigenvalue weighted by molar-refractivity contribution is -0.313. The Labute approximate surface area is 115 Å². The smallest absolute Gasteiger partial charge is 0.228 e. The van der Waals surface area contributed by atoms with E-state index in [1.807, 2.05) is 12.2 Å². The van der Waals surface area contributed by atoms with Gasteiger partial charge in [-0.2, -0.15) is 0 Å².